The molecule has 0 spiro atoms. The first-order valence-corrected chi connectivity index (χ1v) is 4.90. The quantitative estimate of drug-likeness (QED) is 0.772. The Balaban J connectivity index is 2.74. The van der Waals surface area contributed by atoms with Gasteiger partial charge in [0.1, 0.15) is 5.02 Å². The monoisotopic (exact) mass is 237 g/mol. The number of pyridine rings is 1. The molecule has 0 atom stereocenters. The van der Waals surface area contributed by atoms with Crippen LogP contribution in [0.25, 0.3) is 10.9 Å². The first-order chi connectivity index (χ1) is 7.63. The smallest absolute Gasteiger partial charge is 0.337 e. The number of carbonyl (C=O) groups excluding carboxylic acids is 1. The van der Waals surface area contributed by atoms with E-state index in [1.807, 2.05) is 0 Å². The molecule has 2 rings (SSSR count). The predicted molar refractivity (Wildman–Crippen MR) is 60.9 cm³/mol. The van der Waals surface area contributed by atoms with Crippen molar-refractivity contribution in [2.24, 2.45) is 0 Å². The summed E-state index contributed by atoms with van der Waals surface area (Å²) in [6.45, 7) is 0. The summed E-state index contributed by atoms with van der Waals surface area (Å²) in [7, 11) is 1.29. The molecule has 0 aliphatic rings. The van der Waals surface area contributed by atoms with E-state index < -0.39 is 5.97 Å². The van der Waals surface area contributed by atoms with Crippen LogP contribution in [0.3, 0.4) is 0 Å². The van der Waals surface area contributed by atoms with Gasteiger partial charge in [-0.25, -0.2) is 4.79 Å². The molecule has 82 valence electrons. The molecule has 16 heavy (non-hydrogen) atoms. The minimum absolute atomic E-state index is 0.0921. The lowest BCUT2D eigenvalue weighted by Crippen LogP contribution is -2.06. The lowest BCUT2D eigenvalue weighted by molar-refractivity contribution is 0.0601. The molecule has 1 heterocycles. The fourth-order valence-corrected chi connectivity index (χ4v) is 1.59. The minimum Gasteiger partial charge on any atom is -0.465 e. The van der Waals surface area contributed by atoms with E-state index in [4.69, 9.17) is 11.6 Å². The standard InChI is InChI=1S/C11H8ClNO3/c1-16-11(15)6-2-3-9-7(4-6)10(14)8(12)5-13-9/h2-5H,1H3,(H,13,14). The van der Waals surface area contributed by atoms with Crippen molar-refractivity contribution in [3.05, 3.63) is 45.2 Å². The van der Waals surface area contributed by atoms with Crippen molar-refractivity contribution in [3.63, 3.8) is 0 Å². The predicted octanol–water partition coefficient (Wildman–Crippen LogP) is 1.97. The van der Waals surface area contributed by atoms with E-state index >= 15 is 0 Å². The minimum atomic E-state index is -0.485. The fourth-order valence-electron chi connectivity index (χ4n) is 1.44. The molecule has 0 radical (unpaired) electrons. The number of carbonyl (C=O) groups is 1. The Hall–Kier alpha value is -1.81. The number of methoxy groups -OCH3 is 1. The van der Waals surface area contributed by atoms with Crippen LogP contribution in [0, 0.1) is 0 Å². The summed E-state index contributed by atoms with van der Waals surface area (Å²) in [5.74, 6) is -0.485. The second-order valence-corrected chi connectivity index (χ2v) is 3.62. The van der Waals surface area contributed by atoms with Gasteiger partial charge in [-0.05, 0) is 18.2 Å². The summed E-state index contributed by atoms with van der Waals surface area (Å²) >= 11 is 5.69. The molecule has 0 aliphatic carbocycles. The molecule has 0 unspecified atom stereocenters. The van der Waals surface area contributed by atoms with Crippen molar-refractivity contribution in [2.45, 2.75) is 0 Å². The Bertz CT molecular complexity index is 618. The first-order valence-electron chi connectivity index (χ1n) is 4.52. The van der Waals surface area contributed by atoms with Gasteiger partial charge in [0.25, 0.3) is 0 Å². The highest BCUT2D eigenvalue weighted by Crippen LogP contribution is 2.13. The van der Waals surface area contributed by atoms with E-state index in [0.29, 0.717) is 16.5 Å². The highest BCUT2D eigenvalue weighted by Gasteiger charge is 2.09. The van der Waals surface area contributed by atoms with Crippen LogP contribution in [-0.2, 0) is 4.74 Å². The summed E-state index contributed by atoms with van der Waals surface area (Å²) in [4.78, 5) is 25.8. The van der Waals surface area contributed by atoms with Crippen LogP contribution in [0.5, 0.6) is 0 Å². The van der Waals surface area contributed by atoms with E-state index in [9.17, 15) is 9.59 Å². The largest absolute Gasteiger partial charge is 0.465 e. The van der Waals surface area contributed by atoms with Gasteiger partial charge in [-0.15, -0.1) is 0 Å². The maximum atomic E-state index is 11.7. The highest BCUT2D eigenvalue weighted by molar-refractivity contribution is 6.31. The van der Waals surface area contributed by atoms with E-state index in [1.165, 1.54) is 19.4 Å². The number of rotatable bonds is 1. The molecular formula is C11H8ClNO3. The average molecular weight is 238 g/mol. The Kier molecular flexibility index (Phi) is 2.66. The van der Waals surface area contributed by atoms with Crippen molar-refractivity contribution in [1.29, 1.82) is 0 Å². The van der Waals surface area contributed by atoms with Gasteiger partial charge in [0.05, 0.1) is 12.7 Å². The molecular weight excluding hydrogens is 230 g/mol. The molecule has 0 fully saturated rings. The molecule has 0 saturated heterocycles. The van der Waals surface area contributed by atoms with Gasteiger partial charge in [0.15, 0.2) is 0 Å². The lowest BCUT2D eigenvalue weighted by atomic mass is 10.1. The zero-order chi connectivity index (χ0) is 11.7. The third kappa shape index (κ3) is 1.67. The highest BCUT2D eigenvalue weighted by atomic mass is 35.5. The number of esters is 1. The van der Waals surface area contributed by atoms with Crippen LogP contribution in [0.2, 0.25) is 5.02 Å². The van der Waals surface area contributed by atoms with Crippen LogP contribution < -0.4 is 5.43 Å². The normalized spacial score (nSPS) is 10.4. The number of hydrogen-bond donors (Lipinski definition) is 1. The number of aromatic amines is 1. The molecule has 5 heteroatoms. The molecule has 1 N–H and O–H groups in total. The first kappa shape index (κ1) is 10.7. The Morgan fingerprint density at radius 3 is 2.88 bits per heavy atom. The molecule has 1 aromatic heterocycles. The number of hydrogen-bond acceptors (Lipinski definition) is 3. The lowest BCUT2D eigenvalue weighted by Gasteiger charge is -2.01. The number of benzene rings is 1. The maximum Gasteiger partial charge on any atom is 0.337 e. The van der Waals surface area contributed by atoms with Crippen LogP contribution in [0.15, 0.2) is 29.2 Å². The van der Waals surface area contributed by atoms with Crippen molar-refractivity contribution < 1.29 is 9.53 Å². The zero-order valence-corrected chi connectivity index (χ0v) is 9.17. The number of fused-ring (bicyclic) bond motifs is 1. The van der Waals surface area contributed by atoms with E-state index in [-0.39, 0.29) is 10.5 Å². The summed E-state index contributed by atoms with van der Waals surface area (Å²) < 4.78 is 4.57. The number of H-pyrrole nitrogens is 1. The van der Waals surface area contributed by atoms with Crippen molar-refractivity contribution in [1.82, 2.24) is 4.98 Å². The second kappa shape index (κ2) is 3.98. The van der Waals surface area contributed by atoms with Gasteiger partial charge >= 0.3 is 5.97 Å². The van der Waals surface area contributed by atoms with Crippen molar-refractivity contribution in [2.75, 3.05) is 7.11 Å². The molecule has 1 aromatic carbocycles. The number of aromatic nitrogens is 1. The Morgan fingerprint density at radius 1 is 1.44 bits per heavy atom. The third-order valence-corrected chi connectivity index (χ3v) is 2.54. The molecule has 0 saturated carbocycles. The average Bonchev–Trinajstić information content (AvgIpc) is 2.32. The molecule has 0 bridgehead atoms. The maximum absolute atomic E-state index is 11.7. The SMILES string of the molecule is COC(=O)c1ccc2[nH]cc(Cl)c(=O)c2c1. The van der Waals surface area contributed by atoms with Crippen LogP contribution >= 0.6 is 11.6 Å². The molecule has 2 aromatic rings. The Labute approximate surface area is 95.8 Å². The van der Waals surface area contributed by atoms with Crippen LogP contribution in [0.4, 0.5) is 0 Å². The fraction of sp³-hybridized carbons (Fsp3) is 0.0909. The molecule has 0 aliphatic heterocycles. The van der Waals surface area contributed by atoms with E-state index in [2.05, 4.69) is 9.72 Å². The summed E-state index contributed by atoms with van der Waals surface area (Å²) in [6, 6.07) is 4.68. The summed E-state index contributed by atoms with van der Waals surface area (Å²) in [5, 5.41) is 0.463. The van der Waals surface area contributed by atoms with Crippen LogP contribution in [-0.4, -0.2) is 18.1 Å². The second-order valence-electron chi connectivity index (χ2n) is 3.22. The summed E-state index contributed by atoms with van der Waals surface area (Å²) in [5.41, 5.74) is 0.644. The summed E-state index contributed by atoms with van der Waals surface area (Å²) in [6.07, 6.45) is 1.42. The zero-order valence-electron chi connectivity index (χ0n) is 8.41. The van der Waals surface area contributed by atoms with Crippen molar-refractivity contribution >= 4 is 28.5 Å². The number of ether oxygens (including phenoxy) is 1. The van der Waals surface area contributed by atoms with Crippen molar-refractivity contribution in [3.8, 4) is 0 Å². The van der Waals surface area contributed by atoms with Gasteiger partial charge in [-0.3, -0.25) is 4.79 Å². The number of halogens is 1. The van der Waals surface area contributed by atoms with Gasteiger partial charge in [-0.1, -0.05) is 11.6 Å². The van der Waals surface area contributed by atoms with Gasteiger partial charge in [0, 0.05) is 17.1 Å². The van der Waals surface area contributed by atoms with E-state index in [1.54, 1.807) is 12.1 Å². The van der Waals surface area contributed by atoms with Crippen LogP contribution in [0.1, 0.15) is 10.4 Å². The van der Waals surface area contributed by atoms with E-state index in [0.717, 1.165) is 0 Å². The van der Waals surface area contributed by atoms with Gasteiger partial charge in [0.2, 0.25) is 5.43 Å². The van der Waals surface area contributed by atoms with Gasteiger partial charge in [-0.2, -0.15) is 0 Å². The third-order valence-electron chi connectivity index (χ3n) is 2.26. The number of nitrogens with one attached hydrogen (secondary N) is 1. The molecule has 4 nitrogen and oxygen atoms in total. The Morgan fingerprint density at radius 2 is 2.19 bits per heavy atom. The topological polar surface area (TPSA) is 59.2 Å². The van der Waals surface area contributed by atoms with Gasteiger partial charge < -0.3 is 9.72 Å². The molecule has 0 amide bonds.